The van der Waals surface area contributed by atoms with Gasteiger partial charge in [-0.15, -0.1) is 0 Å². The molecule has 5 rings (SSSR count). The number of nitrogens with zero attached hydrogens (tertiary/aromatic N) is 2. The van der Waals surface area contributed by atoms with Gasteiger partial charge in [-0.2, -0.15) is 0 Å². The lowest BCUT2D eigenvalue weighted by Gasteiger charge is -2.33. The van der Waals surface area contributed by atoms with Crippen molar-refractivity contribution in [1.82, 2.24) is 14.8 Å². The van der Waals surface area contributed by atoms with Gasteiger partial charge in [0.05, 0.1) is 6.54 Å². The van der Waals surface area contributed by atoms with E-state index in [1.165, 1.54) is 12.1 Å². The number of rotatable bonds is 6. The number of piperidine rings is 1. The van der Waals surface area contributed by atoms with Crippen molar-refractivity contribution >= 4 is 22.6 Å². The number of benzene rings is 2. The number of alkyl halides is 1. The Morgan fingerprint density at radius 3 is 2.54 bits per heavy atom. The average Bonchev–Trinajstić information content (AvgIpc) is 3.45. The lowest BCUT2D eigenvalue weighted by atomic mass is 9.88. The van der Waals surface area contributed by atoms with Crippen LogP contribution in [0.15, 0.2) is 48.5 Å². The number of amides is 1. The third-order valence-electron chi connectivity index (χ3n) is 7.50. The van der Waals surface area contributed by atoms with E-state index in [0.29, 0.717) is 24.1 Å². The third kappa shape index (κ3) is 5.15. The second kappa shape index (κ2) is 9.90. The highest BCUT2D eigenvalue weighted by atomic mass is 19.1. The average molecular weight is 480 g/mol. The minimum Gasteiger partial charge on any atom is -0.351 e. The Labute approximate surface area is 204 Å². The van der Waals surface area contributed by atoms with Gasteiger partial charge in [-0.1, -0.05) is 12.1 Å². The molecule has 0 spiro atoms. The van der Waals surface area contributed by atoms with E-state index in [0.717, 1.165) is 48.9 Å². The standard InChI is InChI=1S/C28H31F2N3O2/c1-18-2-3-21-15-26(31-25(21)14-18)28(35)33-17-23(30)16-24(33)10-13-32-11-8-20(9-12-32)27(34)19-4-6-22(29)7-5-19/h2-7,14-15,20,23-24,31H,8-13,16-17H2,1H3. The minimum absolute atomic E-state index is 0.0536. The molecule has 0 aliphatic carbocycles. The van der Waals surface area contributed by atoms with Gasteiger partial charge in [0.2, 0.25) is 0 Å². The van der Waals surface area contributed by atoms with E-state index in [9.17, 15) is 18.4 Å². The topological polar surface area (TPSA) is 56.4 Å². The van der Waals surface area contributed by atoms with Gasteiger partial charge in [-0.3, -0.25) is 9.59 Å². The van der Waals surface area contributed by atoms with Crippen LogP contribution in [-0.2, 0) is 0 Å². The molecular weight excluding hydrogens is 448 g/mol. The summed E-state index contributed by atoms with van der Waals surface area (Å²) in [7, 11) is 0. The summed E-state index contributed by atoms with van der Waals surface area (Å²) in [5, 5.41) is 0.976. The number of Topliss-reactive ketones (excluding diaryl/α,β-unsaturated/α-hetero) is 1. The van der Waals surface area contributed by atoms with Crippen molar-refractivity contribution in [1.29, 1.82) is 0 Å². The maximum absolute atomic E-state index is 14.4. The molecule has 2 saturated heterocycles. The van der Waals surface area contributed by atoms with Crippen LogP contribution >= 0.6 is 0 Å². The molecule has 0 radical (unpaired) electrons. The number of aromatic nitrogens is 1. The largest absolute Gasteiger partial charge is 0.351 e. The molecule has 35 heavy (non-hydrogen) atoms. The van der Waals surface area contributed by atoms with Gasteiger partial charge in [-0.05, 0) is 81.2 Å². The number of carbonyl (C=O) groups is 2. The van der Waals surface area contributed by atoms with Crippen molar-refractivity contribution in [3.05, 3.63) is 71.2 Å². The summed E-state index contributed by atoms with van der Waals surface area (Å²) in [5.74, 6) is -0.466. The SMILES string of the molecule is Cc1ccc2cc(C(=O)N3CC(F)CC3CCN3CCC(C(=O)c4ccc(F)cc4)CC3)[nH]c2c1. The molecule has 3 heterocycles. The number of fused-ring (bicyclic) bond motifs is 1. The van der Waals surface area contributed by atoms with Gasteiger partial charge in [0.25, 0.3) is 5.91 Å². The lowest BCUT2D eigenvalue weighted by Crippen LogP contribution is -2.41. The first kappa shape index (κ1) is 23.7. The van der Waals surface area contributed by atoms with E-state index in [-0.39, 0.29) is 36.0 Å². The maximum Gasteiger partial charge on any atom is 0.270 e. The number of carbonyl (C=O) groups excluding carboxylic acids is 2. The van der Waals surface area contributed by atoms with Crippen LogP contribution in [0.1, 0.15) is 52.1 Å². The minimum atomic E-state index is -1.00. The molecule has 3 aromatic rings. The molecule has 1 N–H and O–H groups in total. The normalized spacial score (nSPS) is 21.6. The number of hydrogen-bond donors (Lipinski definition) is 1. The van der Waals surface area contributed by atoms with Crippen LogP contribution < -0.4 is 0 Å². The van der Waals surface area contributed by atoms with Crippen LogP contribution in [0.2, 0.25) is 0 Å². The van der Waals surface area contributed by atoms with Gasteiger partial charge in [-0.25, -0.2) is 8.78 Å². The highest BCUT2D eigenvalue weighted by Crippen LogP contribution is 2.28. The van der Waals surface area contributed by atoms with Crippen LogP contribution in [0.5, 0.6) is 0 Å². The number of aromatic amines is 1. The van der Waals surface area contributed by atoms with Crippen molar-refractivity contribution in [2.45, 2.75) is 44.8 Å². The fourth-order valence-corrected chi connectivity index (χ4v) is 5.49. The summed E-state index contributed by atoms with van der Waals surface area (Å²) < 4.78 is 27.5. The summed E-state index contributed by atoms with van der Waals surface area (Å²) in [4.78, 5) is 33.2. The zero-order chi connectivity index (χ0) is 24.5. The Balaban J connectivity index is 1.16. The van der Waals surface area contributed by atoms with E-state index in [4.69, 9.17) is 0 Å². The number of halogens is 2. The van der Waals surface area contributed by atoms with Crippen LogP contribution in [0.25, 0.3) is 10.9 Å². The summed E-state index contributed by atoms with van der Waals surface area (Å²) in [6.45, 7) is 4.49. The quantitative estimate of drug-likeness (QED) is 0.498. The molecule has 7 heteroatoms. The number of nitrogens with one attached hydrogen (secondary N) is 1. The predicted molar refractivity (Wildman–Crippen MR) is 132 cm³/mol. The van der Waals surface area contributed by atoms with Gasteiger partial charge < -0.3 is 14.8 Å². The van der Waals surface area contributed by atoms with Crippen molar-refractivity contribution in [2.24, 2.45) is 5.92 Å². The molecule has 5 nitrogen and oxygen atoms in total. The van der Waals surface area contributed by atoms with Gasteiger partial charge >= 0.3 is 0 Å². The summed E-state index contributed by atoms with van der Waals surface area (Å²) in [6, 6.07) is 13.5. The Hall–Kier alpha value is -3.06. The first-order valence-corrected chi connectivity index (χ1v) is 12.4. The van der Waals surface area contributed by atoms with Crippen molar-refractivity contribution < 1.29 is 18.4 Å². The number of likely N-dealkylation sites (tertiary alicyclic amines) is 2. The van der Waals surface area contributed by atoms with Crippen LogP contribution in [0, 0.1) is 18.7 Å². The first-order valence-electron chi connectivity index (χ1n) is 12.4. The van der Waals surface area contributed by atoms with E-state index in [1.807, 2.05) is 31.2 Å². The smallest absolute Gasteiger partial charge is 0.270 e. The second-order valence-electron chi connectivity index (χ2n) is 9.99. The molecule has 1 amide bonds. The van der Waals surface area contributed by atoms with E-state index in [2.05, 4.69) is 9.88 Å². The molecule has 2 unspecified atom stereocenters. The van der Waals surface area contributed by atoms with Crippen molar-refractivity contribution in [3.8, 4) is 0 Å². The Kier molecular flexibility index (Phi) is 6.69. The third-order valence-corrected chi connectivity index (χ3v) is 7.50. The van der Waals surface area contributed by atoms with Crippen LogP contribution in [0.3, 0.4) is 0 Å². The lowest BCUT2D eigenvalue weighted by molar-refractivity contribution is 0.0695. The number of H-pyrrole nitrogens is 1. The molecule has 2 fully saturated rings. The van der Waals surface area contributed by atoms with Crippen LogP contribution in [-0.4, -0.2) is 64.9 Å². The monoisotopic (exact) mass is 479 g/mol. The molecule has 2 atom stereocenters. The zero-order valence-corrected chi connectivity index (χ0v) is 20.0. The van der Waals surface area contributed by atoms with Gasteiger partial charge in [0, 0.05) is 41.4 Å². The van der Waals surface area contributed by atoms with Crippen molar-refractivity contribution in [3.63, 3.8) is 0 Å². The molecule has 184 valence electrons. The molecule has 2 aliphatic heterocycles. The molecule has 0 bridgehead atoms. The molecule has 2 aromatic carbocycles. The second-order valence-corrected chi connectivity index (χ2v) is 9.99. The maximum atomic E-state index is 14.4. The Morgan fingerprint density at radius 1 is 1.06 bits per heavy atom. The molecule has 1 aromatic heterocycles. The first-order chi connectivity index (χ1) is 16.9. The number of aryl methyl sites for hydroxylation is 1. The van der Waals surface area contributed by atoms with Crippen LogP contribution in [0.4, 0.5) is 8.78 Å². The van der Waals surface area contributed by atoms with E-state index < -0.39 is 6.17 Å². The fourth-order valence-electron chi connectivity index (χ4n) is 5.49. The van der Waals surface area contributed by atoms with Gasteiger partial charge in [0.15, 0.2) is 5.78 Å². The summed E-state index contributed by atoms with van der Waals surface area (Å²) in [6.07, 6.45) is 1.58. The van der Waals surface area contributed by atoms with Crippen molar-refractivity contribution in [2.75, 3.05) is 26.2 Å². The summed E-state index contributed by atoms with van der Waals surface area (Å²) in [5.41, 5.74) is 3.10. The Morgan fingerprint density at radius 2 is 1.80 bits per heavy atom. The highest BCUT2D eigenvalue weighted by Gasteiger charge is 2.36. The molecular formula is C28H31F2N3O2. The van der Waals surface area contributed by atoms with Gasteiger partial charge in [0.1, 0.15) is 17.7 Å². The molecule has 2 aliphatic rings. The zero-order valence-electron chi connectivity index (χ0n) is 20.0. The summed E-state index contributed by atoms with van der Waals surface area (Å²) >= 11 is 0. The molecule has 0 saturated carbocycles. The number of ketones is 1. The van der Waals surface area contributed by atoms with E-state index >= 15 is 0 Å². The highest BCUT2D eigenvalue weighted by molar-refractivity contribution is 5.99. The van der Waals surface area contributed by atoms with E-state index in [1.54, 1.807) is 17.0 Å². The number of hydrogen-bond acceptors (Lipinski definition) is 3. The fraction of sp³-hybridized carbons (Fsp3) is 0.429. The predicted octanol–water partition coefficient (Wildman–Crippen LogP) is 5.15. The Bertz CT molecular complexity index is 1210.